The van der Waals surface area contributed by atoms with Gasteiger partial charge in [0.05, 0.1) is 0 Å². The molecule has 0 spiro atoms. The van der Waals surface area contributed by atoms with Crippen molar-refractivity contribution in [1.82, 2.24) is 4.90 Å². The maximum Gasteiger partial charge on any atom is 0.310 e. The third-order valence-corrected chi connectivity index (χ3v) is 3.27. The molecule has 0 unspecified atom stereocenters. The minimum atomic E-state index is -4.32. The topological polar surface area (TPSA) is 57.6 Å². The van der Waals surface area contributed by atoms with Crippen LogP contribution in [0.2, 0.25) is 0 Å². The lowest BCUT2D eigenvalue weighted by molar-refractivity contribution is 0.417. The summed E-state index contributed by atoms with van der Waals surface area (Å²) < 4.78 is 32.4. The third kappa shape index (κ3) is 4.73. The predicted octanol–water partition coefficient (Wildman–Crippen LogP) is 2.55. The predicted molar refractivity (Wildman–Crippen MR) is 77.9 cm³/mol. The van der Waals surface area contributed by atoms with Crippen molar-refractivity contribution in [2.75, 3.05) is 13.1 Å². The molecule has 1 aromatic carbocycles. The van der Waals surface area contributed by atoms with Crippen molar-refractivity contribution in [3.63, 3.8) is 0 Å². The second-order valence-electron chi connectivity index (χ2n) is 3.85. The third-order valence-electron chi connectivity index (χ3n) is 2.36. The number of hydrogen-bond donors (Lipinski definition) is 1. The first-order valence-corrected chi connectivity index (χ1v) is 7.14. The van der Waals surface area contributed by atoms with Crippen molar-refractivity contribution in [1.29, 1.82) is 0 Å². The van der Waals surface area contributed by atoms with Crippen LogP contribution < -0.4 is 0 Å². The van der Waals surface area contributed by atoms with E-state index in [2.05, 4.69) is 13.2 Å². The Morgan fingerprint density at radius 2 is 1.68 bits per heavy atom. The van der Waals surface area contributed by atoms with Crippen molar-refractivity contribution >= 4 is 16.2 Å². The second kappa shape index (κ2) is 6.92. The van der Waals surface area contributed by atoms with Gasteiger partial charge in [-0.05, 0) is 11.6 Å². The number of benzene rings is 1. The van der Waals surface area contributed by atoms with E-state index in [1.54, 1.807) is 36.4 Å². The van der Waals surface area contributed by atoms with Gasteiger partial charge >= 0.3 is 10.1 Å². The van der Waals surface area contributed by atoms with Gasteiger partial charge in [0, 0.05) is 13.1 Å². The van der Waals surface area contributed by atoms with Crippen molar-refractivity contribution in [2.45, 2.75) is 0 Å². The Morgan fingerprint density at radius 3 is 2.11 bits per heavy atom. The molecule has 0 saturated heterocycles. The summed E-state index contributed by atoms with van der Waals surface area (Å²) in [6, 6.07) is 8.92. The normalized spacial score (nSPS) is 11.9. The molecule has 1 N–H and O–H groups in total. The molecule has 102 valence electrons. The van der Waals surface area contributed by atoms with Gasteiger partial charge < -0.3 is 4.90 Å². The van der Waals surface area contributed by atoms with Crippen LogP contribution in [-0.2, 0) is 10.1 Å². The molecular weight excluding hydrogens is 262 g/mol. The van der Waals surface area contributed by atoms with Crippen LogP contribution in [0.25, 0.3) is 6.08 Å². The Morgan fingerprint density at radius 1 is 1.16 bits per heavy atom. The van der Waals surface area contributed by atoms with E-state index in [9.17, 15) is 13.0 Å². The van der Waals surface area contributed by atoms with E-state index in [0.717, 1.165) is 0 Å². The van der Waals surface area contributed by atoms with Crippen molar-refractivity contribution in [3.05, 3.63) is 66.2 Å². The van der Waals surface area contributed by atoms with Crippen LogP contribution in [0.1, 0.15) is 5.56 Å². The fraction of sp³-hybridized carbons (Fsp3) is 0.143. The van der Waals surface area contributed by atoms with E-state index >= 15 is 0 Å². The first kappa shape index (κ1) is 15.2. The van der Waals surface area contributed by atoms with Crippen LogP contribution in [0.15, 0.2) is 60.7 Å². The Hall–Kier alpha value is -1.85. The zero-order chi connectivity index (χ0) is 14.3. The maximum atomic E-state index is 11.5. The van der Waals surface area contributed by atoms with E-state index in [1.807, 2.05) is 6.07 Å². The average Bonchev–Trinajstić information content (AvgIpc) is 2.36. The molecule has 1 rings (SSSR count). The monoisotopic (exact) mass is 279 g/mol. The molecule has 19 heavy (non-hydrogen) atoms. The molecule has 5 heteroatoms. The minimum Gasteiger partial charge on any atom is -0.353 e. The van der Waals surface area contributed by atoms with Gasteiger partial charge in [-0.3, -0.25) is 4.55 Å². The van der Waals surface area contributed by atoms with Crippen LogP contribution >= 0.6 is 0 Å². The molecule has 0 amide bonds. The van der Waals surface area contributed by atoms with Gasteiger partial charge in [-0.15, -0.1) is 13.2 Å². The van der Waals surface area contributed by atoms with E-state index in [-0.39, 0.29) is 5.03 Å². The summed E-state index contributed by atoms with van der Waals surface area (Å²) >= 11 is 0. The van der Waals surface area contributed by atoms with Crippen LogP contribution in [-0.4, -0.2) is 31.0 Å². The van der Waals surface area contributed by atoms with Gasteiger partial charge in [-0.2, -0.15) is 8.42 Å². The van der Waals surface area contributed by atoms with Crippen molar-refractivity contribution < 1.29 is 13.0 Å². The Bertz CT molecular complexity index is 552. The molecular formula is C14H17NO3S. The summed E-state index contributed by atoms with van der Waals surface area (Å²) in [6.45, 7) is 7.74. The quantitative estimate of drug-likeness (QED) is 0.615. The molecule has 0 bridgehead atoms. The highest BCUT2D eigenvalue weighted by atomic mass is 32.2. The van der Waals surface area contributed by atoms with E-state index < -0.39 is 10.1 Å². The molecule has 0 radical (unpaired) electrons. The first-order valence-electron chi connectivity index (χ1n) is 5.70. The number of rotatable bonds is 7. The lowest BCUT2D eigenvalue weighted by Gasteiger charge is -2.22. The largest absolute Gasteiger partial charge is 0.353 e. The highest BCUT2D eigenvalue weighted by molar-refractivity contribution is 7.89. The van der Waals surface area contributed by atoms with E-state index in [0.29, 0.717) is 18.7 Å². The van der Waals surface area contributed by atoms with E-state index in [4.69, 9.17) is 0 Å². The molecule has 0 aromatic heterocycles. The van der Waals surface area contributed by atoms with Gasteiger partial charge in [0.25, 0.3) is 0 Å². The zero-order valence-corrected chi connectivity index (χ0v) is 11.4. The highest BCUT2D eigenvalue weighted by Gasteiger charge is 2.19. The summed E-state index contributed by atoms with van der Waals surface area (Å²) in [6.07, 6.45) is 4.54. The number of nitrogens with zero attached hydrogens (tertiary/aromatic N) is 1. The molecule has 4 nitrogen and oxygen atoms in total. The fourth-order valence-electron chi connectivity index (χ4n) is 1.59. The van der Waals surface area contributed by atoms with Crippen LogP contribution in [0.3, 0.4) is 0 Å². The van der Waals surface area contributed by atoms with Crippen LogP contribution in [0.5, 0.6) is 0 Å². The minimum absolute atomic E-state index is 0.168. The fourth-order valence-corrected chi connectivity index (χ4v) is 2.35. The van der Waals surface area contributed by atoms with Crippen molar-refractivity contribution in [2.24, 2.45) is 0 Å². The van der Waals surface area contributed by atoms with Crippen molar-refractivity contribution in [3.8, 4) is 0 Å². The van der Waals surface area contributed by atoms with Gasteiger partial charge in [0.2, 0.25) is 0 Å². The molecule has 0 saturated carbocycles. The summed E-state index contributed by atoms with van der Waals surface area (Å²) in [5.41, 5.74) is 0.688. The molecule has 0 heterocycles. The summed E-state index contributed by atoms with van der Waals surface area (Å²) in [7, 11) is -4.32. The lowest BCUT2D eigenvalue weighted by atomic mass is 10.2. The van der Waals surface area contributed by atoms with Gasteiger partial charge in [0.1, 0.15) is 0 Å². The Labute approximate surface area is 114 Å². The highest BCUT2D eigenvalue weighted by Crippen LogP contribution is 2.16. The van der Waals surface area contributed by atoms with Gasteiger partial charge in [-0.1, -0.05) is 42.5 Å². The Balaban J connectivity index is 3.24. The van der Waals surface area contributed by atoms with Gasteiger partial charge in [0.15, 0.2) is 5.03 Å². The summed E-state index contributed by atoms with van der Waals surface area (Å²) in [5, 5.41) is -0.168. The van der Waals surface area contributed by atoms with Gasteiger partial charge in [-0.25, -0.2) is 0 Å². The molecule has 0 fully saturated rings. The SMILES string of the molecule is C=CCN(CC=C)C(=Cc1ccccc1)S(=O)(=O)O. The molecule has 0 aliphatic rings. The average molecular weight is 279 g/mol. The standard InChI is InChI=1S/C14H17NO3S/c1-3-10-15(11-4-2)14(19(16,17)18)12-13-8-6-5-7-9-13/h3-9,12H,1-2,10-11H2,(H,16,17,18). The molecule has 0 atom stereocenters. The van der Waals surface area contributed by atoms with Crippen LogP contribution in [0.4, 0.5) is 0 Å². The van der Waals surface area contributed by atoms with Crippen LogP contribution in [0, 0.1) is 0 Å². The smallest absolute Gasteiger partial charge is 0.310 e. The molecule has 0 aliphatic carbocycles. The molecule has 1 aromatic rings. The second-order valence-corrected chi connectivity index (χ2v) is 5.22. The maximum absolute atomic E-state index is 11.5. The first-order chi connectivity index (χ1) is 8.99. The van der Waals surface area contributed by atoms with E-state index in [1.165, 1.54) is 11.0 Å². The molecule has 0 aliphatic heterocycles. The Kier molecular flexibility index (Phi) is 5.54. The zero-order valence-electron chi connectivity index (χ0n) is 10.6. The lowest BCUT2D eigenvalue weighted by Crippen LogP contribution is -2.27. The summed E-state index contributed by atoms with van der Waals surface area (Å²) in [5.74, 6) is 0. The number of hydrogen-bond acceptors (Lipinski definition) is 3. The summed E-state index contributed by atoms with van der Waals surface area (Å²) in [4.78, 5) is 1.47.